The van der Waals surface area contributed by atoms with Crippen molar-refractivity contribution in [2.75, 3.05) is 14.2 Å². The van der Waals surface area contributed by atoms with Gasteiger partial charge in [0.2, 0.25) is 5.96 Å². The molecule has 1 atom stereocenters. The summed E-state index contributed by atoms with van der Waals surface area (Å²) >= 11 is 0. The van der Waals surface area contributed by atoms with Crippen LogP contribution in [0.3, 0.4) is 0 Å². The molecule has 1 aliphatic heterocycles. The van der Waals surface area contributed by atoms with Gasteiger partial charge in [-0.3, -0.25) is 14.9 Å². The molecule has 8 heteroatoms. The van der Waals surface area contributed by atoms with E-state index in [4.69, 9.17) is 9.47 Å². The fraction of sp³-hybridized carbons (Fsp3) is 0.176. The summed E-state index contributed by atoms with van der Waals surface area (Å²) in [5.41, 5.74) is 0.807. The number of allylic oxidation sites excluding steroid dienone is 1. The lowest BCUT2D eigenvalue weighted by Crippen LogP contribution is -2.40. The second kappa shape index (κ2) is 6.78. The third kappa shape index (κ3) is 3.38. The SMILES string of the molecule is COC1=CC2=NC(=NC(=O)c3ccc(F)cc3)NC(=O)C2=CC1OC. The molecule has 3 rings (SSSR count). The Kier molecular flexibility index (Phi) is 4.53. The Morgan fingerprint density at radius 3 is 2.64 bits per heavy atom. The van der Waals surface area contributed by atoms with Crippen molar-refractivity contribution < 1.29 is 23.5 Å². The first-order chi connectivity index (χ1) is 12.0. The normalized spacial score (nSPS) is 20.9. The number of ether oxygens (including phenoxy) is 2. The Morgan fingerprint density at radius 2 is 2.00 bits per heavy atom. The first kappa shape index (κ1) is 16.7. The number of aliphatic imine (C=N–C) groups is 2. The van der Waals surface area contributed by atoms with Crippen LogP contribution in [0.15, 0.2) is 57.7 Å². The van der Waals surface area contributed by atoms with Crippen molar-refractivity contribution in [2.24, 2.45) is 9.98 Å². The number of methoxy groups -OCH3 is 2. The maximum absolute atomic E-state index is 12.9. The number of guanidine groups is 1. The Balaban J connectivity index is 1.93. The zero-order valence-electron chi connectivity index (χ0n) is 13.4. The van der Waals surface area contributed by atoms with Crippen LogP contribution in [-0.4, -0.2) is 43.8 Å². The van der Waals surface area contributed by atoms with Gasteiger partial charge in [0.25, 0.3) is 11.8 Å². The van der Waals surface area contributed by atoms with Crippen LogP contribution in [0, 0.1) is 5.82 Å². The van der Waals surface area contributed by atoms with Gasteiger partial charge in [0, 0.05) is 18.7 Å². The van der Waals surface area contributed by atoms with E-state index in [0.29, 0.717) is 17.0 Å². The molecule has 1 heterocycles. The van der Waals surface area contributed by atoms with Crippen molar-refractivity contribution in [1.82, 2.24) is 5.32 Å². The van der Waals surface area contributed by atoms with Crippen LogP contribution in [0.25, 0.3) is 0 Å². The van der Waals surface area contributed by atoms with Gasteiger partial charge >= 0.3 is 0 Å². The summed E-state index contributed by atoms with van der Waals surface area (Å²) in [6.45, 7) is 0. The molecular formula is C17H14FN3O4. The second-order valence-corrected chi connectivity index (χ2v) is 5.19. The van der Waals surface area contributed by atoms with Crippen molar-refractivity contribution in [3.63, 3.8) is 0 Å². The maximum atomic E-state index is 12.9. The monoisotopic (exact) mass is 343 g/mol. The quantitative estimate of drug-likeness (QED) is 0.898. The number of carbonyl (C=O) groups is 2. The number of carbonyl (C=O) groups excluding carboxylic acids is 2. The van der Waals surface area contributed by atoms with Crippen LogP contribution in [0.2, 0.25) is 0 Å². The number of fused-ring (bicyclic) bond motifs is 1. The summed E-state index contributed by atoms with van der Waals surface area (Å²) in [6.07, 6.45) is 2.63. The minimum absolute atomic E-state index is 0.144. The highest BCUT2D eigenvalue weighted by Crippen LogP contribution is 2.21. The molecule has 1 aliphatic carbocycles. The van der Waals surface area contributed by atoms with Crippen molar-refractivity contribution in [2.45, 2.75) is 6.10 Å². The maximum Gasteiger partial charge on any atom is 0.280 e. The predicted octanol–water partition coefficient (Wildman–Crippen LogP) is 1.38. The van der Waals surface area contributed by atoms with E-state index < -0.39 is 23.7 Å². The van der Waals surface area contributed by atoms with E-state index in [-0.39, 0.29) is 11.5 Å². The summed E-state index contributed by atoms with van der Waals surface area (Å²) in [4.78, 5) is 32.3. The van der Waals surface area contributed by atoms with E-state index >= 15 is 0 Å². The van der Waals surface area contributed by atoms with Crippen molar-refractivity contribution in [1.29, 1.82) is 0 Å². The molecule has 2 aliphatic rings. The van der Waals surface area contributed by atoms with Gasteiger partial charge in [-0.05, 0) is 30.3 Å². The number of halogens is 1. The highest BCUT2D eigenvalue weighted by molar-refractivity contribution is 6.34. The Bertz CT molecular complexity index is 853. The van der Waals surface area contributed by atoms with E-state index in [1.807, 2.05) is 0 Å². The van der Waals surface area contributed by atoms with Crippen molar-refractivity contribution in [3.8, 4) is 0 Å². The van der Waals surface area contributed by atoms with Crippen LogP contribution in [-0.2, 0) is 14.3 Å². The summed E-state index contributed by atoms with van der Waals surface area (Å²) in [6, 6.07) is 4.91. The van der Waals surface area contributed by atoms with Gasteiger partial charge in [-0.1, -0.05) is 0 Å². The second-order valence-electron chi connectivity index (χ2n) is 5.19. The minimum Gasteiger partial charge on any atom is -0.498 e. The Morgan fingerprint density at radius 1 is 1.28 bits per heavy atom. The molecule has 0 saturated heterocycles. The van der Waals surface area contributed by atoms with Gasteiger partial charge in [0.15, 0.2) is 0 Å². The predicted molar refractivity (Wildman–Crippen MR) is 87.7 cm³/mol. The number of hydrogen-bond donors (Lipinski definition) is 1. The fourth-order valence-corrected chi connectivity index (χ4v) is 2.37. The lowest BCUT2D eigenvalue weighted by atomic mass is 9.98. The van der Waals surface area contributed by atoms with E-state index in [0.717, 1.165) is 12.1 Å². The molecule has 128 valence electrons. The van der Waals surface area contributed by atoms with Gasteiger partial charge in [0.05, 0.1) is 18.4 Å². The largest absolute Gasteiger partial charge is 0.498 e. The first-order valence-corrected chi connectivity index (χ1v) is 7.31. The van der Waals surface area contributed by atoms with Crippen LogP contribution in [0.5, 0.6) is 0 Å². The van der Waals surface area contributed by atoms with Crippen LogP contribution >= 0.6 is 0 Å². The molecule has 0 radical (unpaired) electrons. The van der Waals surface area contributed by atoms with Gasteiger partial charge in [0.1, 0.15) is 17.7 Å². The summed E-state index contributed by atoms with van der Waals surface area (Å²) in [7, 11) is 2.97. The van der Waals surface area contributed by atoms with E-state index in [9.17, 15) is 14.0 Å². The molecule has 0 bridgehead atoms. The standard InChI is InChI=1S/C17H14FN3O4/c1-24-13-7-11-12(8-14(13)25-2)19-17(21-16(11)23)20-15(22)9-3-5-10(18)6-4-9/h3-8,13H,1-2H3,(H,20,21,22,23). The zero-order valence-corrected chi connectivity index (χ0v) is 13.4. The molecule has 7 nitrogen and oxygen atoms in total. The van der Waals surface area contributed by atoms with Crippen LogP contribution in [0.1, 0.15) is 10.4 Å². The lowest BCUT2D eigenvalue weighted by Gasteiger charge is -2.24. The van der Waals surface area contributed by atoms with Gasteiger partial charge < -0.3 is 9.47 Å². The molecule has 1 aromatic carbocycles. The average Bonchev–Trinajstić information content (AvgIpc) is 2.61. The molecule has 25 heavy (non-hydrogen) atoms. The van der Waals surface area contributed by atoms with E-state index in [1.54, 1.807) is 12.2 Å². The first-order valence-electron chi connectivity index (χ1n) is 7.31. The topological polar surface area (TPSA) is 89.4 Å². The number of benzene rings is 1. The number of hydrogen-bond acceptors (Lipinski definition) is 4. The molecule has 0 saturated carbocycles. The number of amides is 2. The number of nitrogens with one attached hydrogen (secondary N) is 1. The lowest BCUT2D eigenvalue weighted by molar-refractivity contribution is -0.115. The molecule has 1 aromatic rings. The number of rotatable bonds is 3. The highest BCUT2D eigenvalue weighted by Gasteiger charge is 2.30. The van der Waals surface area contributed by atoms with E-state index in [1.165, 1.54) is 26.4 Å². The smallest absolute Gasteiger partial charge is 0.280 e. The molecule has 0 fully saturated rings. The fourth-order valence-electron chi connectivity index (χ4n) is 2.37. The Hall–Kier alpha value is -3.13. The van der Waals surface area contributed by atoms with E-state index in [2.05, 4.69) is 15.3 Å². The van der Waals surface area contributed by atoms with Gasteiger partial charge in [-0.15, -0.1) is 0 Å². The molecular weight excluding hydrogens is 329 g/mol. The molecule has 2 amide bonds. The van der Waals surface area contributed by atoms with Gasteiger partial charge in [-0.2, -0.15) is 4.99 Å². The summed E-state index contributed by atoms with van der Waals surface area (Å²) in [5, 5.41) is 2.44. The zero-order chi connectivity index (χ0) is 18.0. The third-order valence-corrected chi connectivity index (χ3v) is 3.64. The third-order valence-electron chi connectivity index (χ3n) is 3.64. The average molecular weight is 343 g/mol. The number of nitrogens with zero attached hydrogens (tertiary/aromatic N) is 2. The Labute approximate surface area is 142 Å². The van der Waals surface area contributed by atoms with Crippen LogP contribution < -0.4 is 5.32 Å². The van der Waals surface area contributed by atoms with Crippen molar-refractivity contribution >= 4 is 23.5 Å². The highest BCUT2D eigenvalue weighted by atomic mass is 19.1. The minimum atomic E-state index is -0.645. The molecule has 0 aromatic heterocycles. The molecule has 1 N–H and O–H groups in total. The molecule has 1 unspecified atom stereocenters. The summed E-state index contributed by atoms with van der Waals surface area (Å²) in [5.74, 6) is -1.23. The van der Waals surface area contributed by atoms with Crippen LogP contribution in [0.4, 0.5) is 4.39 Å². The van der Waals surface area contributed by atoms with Gasteiger partial charge in [-0.25, -0.2) is 9.38 Å². The van der Waals surface area contributed by atoms with Crippen molar-refractivity contribution in [3.05, 3.63) is 59.1 Å². The summed E-state index contributed by atoms with van der Waals surface area (Å²) < 4.78 is 23.4. The molecule has 0 spiro atoms.